The second-order valence-electron chi connectivity index (χ2n) is 4.06. The number of nitrogens with one attached hydrogen (secondary N) is 1. The second kappa shape index (κ2) is 6.83. The van der Waals surface area contributed by atoms with Crippen molar-refractivity contribution in [3.8, 4) is 0 Å². The van der Waals surface area contributed by atoms with Crippen LogP contribution in [-0.2, 0) is 4.79 Å². The number of nitrogens with zero attached hydrogens (tertiary/aromatic N) is 3. The van der Waals surface area contributed by atoms with E-state index in [1.165, 1.54) is 6.33 Å². The summed E-state index contributed by atoms with van der Waals surface area (Å²) in [6.07, 6.45) is 3.13. The number of hydrogen-bond donors (Lipinski definition) is 1. The van der Waals surface area contributed by atoms with E-state index in [-0.39, 0.29) is 5.78 Å². The molecular formula is C12H20N4O. The Labute approximate surface area is 102 Å². The molecule has 5 heteroatoms. The molecule has 0 fully saturated rings. The molecule has 1 aromatic heterocycles. The van der Waals surface area contributed by atoms with Gasteiger partial charge in [0.05, 0.1) is 0 Å². The van der Waals surface area contributed by atoms with Crippen molar-refractivity contribution in [3.63, 3.8) is 0 Å². The molecule has 0 aliphatic rings. The van der Waals surface area contributed by atoms with Crippen LogP contribution in [-0.4, -0.2) is 35.9 Å². The minimum absolute atomic E-state index is 0.176. The van der Waals surface area contributed by atoms with Gasteiger partial charge in [-0.05, 0) is 13.3 Å². The van der Waals surface area contributed by atoms with Crippen molar-refractivity contribution in [2.75, 3.05) is 30.4 Å². The van der Waals surface area contributed by atoms with Crippen LogP contribution < -0.4 is 10.2 Å². The zero-order chi connectivity index (χ0) is 12.7. The SMILES string of the molecule is CCCN(C)c1cc(NCCC(C)=O)ncn1. The number of Topliss-reactive ketones (excluding diaryl/α,β-unsaturated/α-hetero) is 1. The maximum Gasteiger partial charge on any atom is 0.133 e. The first-order valence-electron chi connectivity index (χ1n) is 5.90. The lowest BCUT2D eigenvalue weighted by Gasteiger charge is -2.17. The summed E-state index contributed by atoms with van der Waals surface area (Å²) in [5.41, 5.74) is 0. The van der Waals surface area contributed by atoms with E-state index in [1.807, 2.05) is 13.1 Å². The van der Waals surface area contributed by atoms with Crippen molar-refractivity contribution in [2.45, 2.75) is 26.7 Å². The highest BCUT2D eigenvalue weighted by molar-refractivity contribution is 5.75. The Morgan fingerprint density at radius 1 is 1.47 bits per heavy atom. The maximum absolute atomic E-state index is 10.8. The third-order valence-electron chi connectivity index (χ3n) is 2.39. The number of carbonyl (C=O) groups excluding carboxylic acids is 1. The molecule has 0 radical (unpaired) electrons. The highest BCUT2D eigenvalue weighted by Gasteiger charge is 2.03. The van der Waals surface area contributed by atoms with E-state index in [0.29, 0.717) is 13.0 Å². The molecule has 0 aliphatic carbocycles. The Kier molecular flexibility index (Phi) is 5.39. The molecule has 0 bridgehead atoms. The minimum atomic E-state index is 0.176. The van der Waals surface area contributed by atoms with Gasteiger partial charge in [0.25, 0.3) is 0 Å². The maximum atomic E-state index is 10.8. The van der Waals surface area contributed by atoms with Crippen molar-refractivity contribution in [2.24, 2.45) is 0 Å². The molecule has 1 N–H and O–H groups in total. The standard InChI is InChI=1S/C12H20N4O/c1-4-7-16(3)12-8-11(14-9-15-12)13-6-5-10(2)17/h8-9H,4-7H2,1-3H3,(H,13,14,15). The van der Waals surface area contributed by atoms with Crippen molar-refractivity contribution >= 4 is 17.4 Å². The summed E-state index contributed by atoms with van der Waals surface area (Å²) in [5, 5.41) is 3.11. The molecule has 94 valence electrons. The summed E-state index contributed by atoms with van der Waals surface area (Å²) in [6.45, 7) is 5.29. The van der Waals surface area contributed by atoms with Crippen molar-refractivity contribution < 1.29 is 4.79 Å². The number of ketones is 1. The van der Waals surface area contributed by atoms with Gasteiger partial charge < -0.3 is 10.2 Å². The molecule has 1 heterocycles. The molecule has 5 nitrogen and oxygen atoms in total. The van der Waals surface area contributed by atoms with E-state index in [2.05, 4.69) is 27.1 Å². The first-order chi connectivity index (χ1) is 8.13. The summed E-state index contributed by atoms with van der Waals surface area (Å²) in [5.74, 6) is 1.83. The molecule has 0 amide bonds. The zero-order valence-electron chi connectivity index (χ0n) is 10.7. The van der Waals surface area contributed by atoms with E-state index >= 15 is 0 Å². The number of carbonyl (C=O) groups is 1. The van der Waals surface area contributed by atoms with Crippen LogP contribution in [0.25, 0.3) is 0 Å². The molecule has 0 saturated heterocycles. The Morgan fingerprint density at radius 2 is 2.24 bits per heavy atom. The van der Waals surface area contributed by atoms with Gasteiger partial charge in [0.1, 0.15) is 23.7 Å². The molecule has 1 aromatic rings. The van der Waals surface area contributed by atoms with E-state index in [0.717, 1.165) is 24.6 Å². The first kappa shape index (κ1) is 13.4. The van der Waals surface area contributed by atoms with Gasteiger partial charge in [0, 0.05) is 32.6 Å². The van der Waals surface area contributed by atoms with Gasteiger partial charge in [-0.2, -0.15) is 0 Å². The smallest absolute Gasteiger partial charge is 0.133 e. The van der Waals surface area contributed by atoms with E-state index < -0.39 is 0 Å². The van der Waals surface area contributed by atoms with Crippen molar-refractivity contribution in [1.82, 2.24) is 9.97 Å². The van der Waals surface area contributed by atoms with Crippen LogP contribution >= 0.6 is 0 Å². The average Bonchev–Trinajstić information content (AvgIpc) is 2.29. The van der Waals surface area contributed by atoms with Crippen LogP contribution in [0, 0.1) is 0 Å². The number of hydrogen-bond acceptors (Lipinski definition) is 5. The third-order valence-corrected chi connectivity index (χ3v) is 2.39. The lowest BCUT2D eigenvalue weighted by molar-refractivity contribution is -0.116. The summed E-state index contributed by atoms with van der Waals surface area (Å²) in [4.78, 5) is 21.2. The number of anilines is 2. The van der Waals surface area contributed by atoms with Gasteiger partial charge >= 0.3 is 0 Å². The Hall–Kier alpha value is -1.65. The molecule has 0 aromatic carbocycles. The molecule has 17 heavy (non-hydrogen) atoms. The molecule has 0 unspecified atom stereocenters. The van der Waals surface area contributed by atoms with Crippen LogP contribution in [0.15, 0.2) is 12.4 Å². The molecule has 0 aliphatic heterocycles. The average molecular weight is 236 g/mol. The summed E-state index contributed by atoms with van der Waals surface area (Å²) in [6, 6.07) is 1.90. The normalized spacial score (nSPS) is 10.1. The zero-order valence-corrected chi connectivity index (χ0v) is 10.7. The predicted molar refractivity (Wildman–Crippen MR) is 69.4 cm³/mol. The van der Waals surface area contributed by atoms with E-state index in [1.54, 1.807) is 6.92 Å². The second-order valence-corrected chi connectivity index (χ2v) is 4.06. The van der Waals surface area contributed by atoms with Crippen molar-refractivity contribution in [3.05, 3.63) is 12.4 Å². The topological polar surface area (TPSA) is 58.1 Å². The molecule has 0 spiro atoms. The fourth-order valence-corrected chi connectivity index (χ4v) is 1.47. The van der Waals surface area contributed by atoms with Crippen LogP contribution in [0.5, 0.6) is 0 Å². The first-order valence-corrected chi connectivity index (χ1v) is 5.90. The molecule has 1 rings (SSSR count). The van der Waals surface area contributed by atoms with Crippen LogP contribution in [0.4, 0.5) is 11.6 Å². The lowest BCUT2D eigenvalue weighted by atomic mass is 10.3. The van der Waals surface area contributed by atoms with Crippen LogP contribution in [0.2, 0.25) is 0 Å². The largest absolute Gasteiger partial charge is 0.369 e. The molecule has 0 atom stereocenters. The number of aromatic nitrogens is 2. The Balaban J connectivity index is 2.56. The van der Waals surface area contributed by atoms with Crippen LogP contribution in [0.3, 0.4) is 0 Å². The Bertz CT molecular complexity index is 367. The van der Waals surface area contributed by atoms with Gasteiger partial charge in [-0.3, -0.25) is 4.79 Å². The summed E-state index contributed by atoms with van der Waals surface area (Å²) < 4.78 is 0. The summed E-state index contributed by atoms with van der Waals surface area (Å²) >= 11 is 0. The van der Waals surface area contributed by atoms with Gasteiger partial charge in [-0.1, -0.05) is 6.92 Å². The molecular weight excluding hydrogens is 216 g/mol. The highest BCUT2D eigenvalue weighted by Crippen LogP contribution is 2.12. The Morgan fingerprint density at radius 3 is 2.88 bits per heavy atom. The van der Waals surface area contributed by atoms with Gasteiger partial charge in [0.15, 0.2) is 0 Å². The fourth-order valence-electron chi connectivity index (χ4n) is 1.47. The fraction of sp³-hybridized carbons (Fsp3) is 0.583. The van der Waals surface area contributed by atoms with E-state index in [4.69, 9.17) is 0 Å². The lowest BCUT2D eigenvalue weighted by Crippen LogP contribution is -2.19. The number of rotatable bonds is 7. The summed E-state index contributed by atoms with van der Waals surface area (Å²) in [7, 11) is 2.01. The predicted octanol–water partition coefficient (Wildman–Crippen LogP) is 1.71. The van der Waals surface area contributed by atoms with Gasteiger partial charge in [0.2, 0.25) is 0 Å². The third kappa shape index (κ3) is 4.80. The van der Waals surface area contributed by atoms with Crippen molar-refractivity contribution in [1.29, 1.82) is 0 Å². The highest BCUT2D eigenvalue weighted by atomic mass is 16.1. The quantitative estimate of drug-likeness (QED) is 0.781. The minimum Gasteiger partial charge on any atom is -0.369 e. The van der Waals surface area contributed by atoms with Gasteiger partial charge in [-0.15, -0.1) is 0 Å². The monoisotopic (exact) mass is 236 g/mol. The van der Waals surface area contributed by atoms with Gasteiger partial charge in [-0.25, -0.2) is 9.97 Å². The molecule has 0 saturated carbocycles. The van der Waals surface area contributed by atoms with Crippen LogP contribution in [0.1, 0.15) is 26.7 Å². The van der Waals surface area contributed by atoms with E-state index in [9.17, 15) is 4.79 Å².